The van der Waals surface area contributed by atoms with Crippen LogP contribution in [0.15, 0.2) is 48.7 Å². The first kappa shape index (κ1) is 17.2. The van der Waals surface area contributed by atoms with E-state index in [2.05, 4.69) is 4.98 Å². The zero-order valence-corrected chi connectivity index (χ0v) is 13.5. The number of non-ortho nitro benzene ring substituents is 1. The van der Waals surface area contributed by atoms with Crippen LogP contribution in [0.25, 0.3) is 10.9 Å². The second kappa shape index (κ2) is 6.73. The van der Waals surface area contributed by atoms with E-state index in [-0.39, 0.29) is 27.5 Å². The van der Waals surface area contributed by atoms with Gasteiger partial charge in [0, 0.05) is 29.8 Å². The highest BCUT2D eigenvalue weighted by Gasteiger charge is 2.24. The normalized spacial score (nSPS) is 10.5. The van der Waals surface area contributed by atoms with Crippen LogP contribution in [0.4, 0.5) is 11.4 Å². The van der Waals surface area contributed by atoms with Gasteiger partial charge in [-0.1, -0.05) is 17.7 Å². The molecule has 0 bridgehead atoms. The molecule has 0 amide bonds. The van der Waals surface area contributed by atoms with E-state index in [0.717, 1.165) is 18.2 Å². The molecule has 0 atom stereocenters. The highest BCUT2D eigenvalue weighted by molar-refractivity contribution is 6.33. The average molecular weight is 374 g/mol. The Morgan fingerprint density at radius 2 is 1.85 bits per heavy atom. The highest BCUT2D eigenvalue weighted by Crippen LogP contribution is 2.35. The van der Waals surface area contributed by atoms with Crippen LogP contribution in [-0.2, 0) is 0 Å². The summed E-state index contributed by atoms with van der Waals surface area (Å²) in [6.07, 6.45) is 1.41. The van der Waals surface area contributed by atoms with Gasteiger partial charge in [-0.3, -0.25) is 25.2 Å². The second-order valence-corrected chi connectivity index (χ2v) is 5.46. The molecule has 0 unspecified atom stereocenters. The third-order valence-electron chi connectivity index (χ3n) is 3.48. The molecular weight excluding hydrogens is 366 g/mol. The van der Waals surface area contributed by atoms with Gasteiger partial charge in [0.05, 0.1) is 20.4 Å². The number of pyridine rings is 1. The van der Waals surface area contributed by atoms with E-state index in [4.69, 9.17) is 16.3 Å². The van der Waals surface area contributed by atoms with Crippen molar-refractivity contribution >= 4 is 39.8 Å². The Bertz CT molecular complexity index is 1070. The molecule has 0 spiro atoms. The van der Waals surface area contributed by atoms with Crippen molar-refractivity contribution in [3.8, 4) is 5.75 Å². The number of carbonyl (C=O) groups is 1. The predicted molar refractivity (Wildman–Crippen MR) is 91.5 cm³/mol. The summed E-state index contributed by atoms with van der Waals surface area (Å²) in [5.74, 6) is -1.32. The topological polar surface area (TPSA) is 125 Å². The lowest BCUT2D eigenvalue weighted by Crippen LogP contribution is -2.11. The maximum absolute atomic E-state index is 12.4. The molecule has 26 heavy (non-hydrogen) atoms. The molecule has 1 aromatic heterocycles. The van der Waals surface area contributed by atoms with Gasteiger partial charge in [0.25, 0.3) is 5.69 Å². The minimum atomic E-state index is -0.994. The van der Waals surface area contributed by atoms with E-state index >= 15 is 0 Å². The van der Waals surface area contributed by atoms with Crippen molar-refractivity contribution in [1.29, 1.82) is 0 Å². The zero-order valence-electron chi connectivity index (χ0n) is 12.8. The standard InChI is InChI=1S/C16H8ClN3O6/c17-12-8-10(19(22)23)4-5-11(12)16(21)26-15-13(20(24)25)6-3-9-2-1-7-18-14(9)15/h1-8H. The molecule has 0 saturated heterocycles. The molecule has 3 aromatic rings. The number of ether oxygens (including phenoxy) is 1. The summed E-state index contributed by atoms with van der Waals surface area (Å²) in [6, 6.07) is 9.16. The molecule has 0 aliphatic rings. The first-order valence-electron chi connectivity index (χ1n) is 7.06. The van der Waals surface area contributed by atoms with Gasteiger partial charge >= 0.3 is 11.7 Å². The van der Waals surface area contributed by atoms with E-state index in [1.54, 1.807) is 12.1 Å². The summed E-state index contributed by atoms with van der Waals surface area (Å²) in [7, 11) is 0. The van der Waals surface area contributed by atoms with Crippen molar-refractivity contribution in [3.63, 3.8) is 0 Å². The number of aromatic nitrogens is 1. The van der Waals surface area contributed by atoms with Crippen molar-refractivity contribution in [2.45, 2.75) is 0 Å². The Morgan fingerprint density at radius 3 is 2.50 bits per heavy atom. The molecule has 0 saturated carbocycles. The van der Waals surface area contributed by atoms with Gasteiger partial charge in [-0.25, -0.2) is 4.79 Å². The maximum Gasteiger partial charge on any atom is 0.345 e. The number of carbonyl (C=O) groups excluding carboxylic acids is 1. The fourth-order valence-electron chi connectivity index (χ4n) is 2.28. The average Bonchev–Trinajstić information content (AvgIpc) is 2.61. The minimum Gasteiger partial charge on any atom is -0.413 e. The molecule has 0 radical (unpaired) electrons. The summed E-state index contributed by atoms with van der Waals surface area (Å²) in [6.45, 7) is 0. The van der Waals surface area contributed by atoms with Crippen LogP contribution in [0, 0.1) is 20.2 Å². The molecule has 3 rings (SSSR count). The minimum absolute atomic E-state index is 0.132. The molecular formula is C16H8ClN3O6. The summed E-state index contributed by atoms with van der Waals surface area (Å²) in [5, 5.41) is 22.3. The number of esters is 1. The first-order valence-corrected chi connectivity index (χ1v) is 7.44. The fraction of sp³-hybridized carbons (Fsp3) is 0. The number of halogens is 1. The van der Waals surface area contributed by atoms with Gasteiger partial charge < -0.3 is 4.74 Å². The smallest absolute Gasteiger partial charge is 0.345 e. The lowest BCUT2D eigenvalue weighted by atomic mass is 10.1. The predicted octanol–water partition coefficient (Wildman–Crippen LogP) is 3.92. The maximum atomic E-state index is 12.4. The Hall–Kier alpha value is -3.59. The third-order valence-corrected chi connectivity index (χ3v) is 3.79. The van der Waals surface area contributed by atoms with Crippen LogP contribution < -0.4 is 4.74 Å². The second-order valence-electron chi connectivity index (χ2n) is 5.06. The van der Waals surface area contributed by atoms with E-state index in [1.807, 2.05) is 0 Å². The number of nitro groups is 2. The van der Waals surface area contributed by atoms with Crippen LogP contribution in [-0.4, -0.2) is 20.8 Å². The van der Waals surface area contributed by atoms with Crippen molar-refractivity contribution in [1.82, 2.24) is 4.98 Å². The Morgan fingerprint density at radius 1 is 1.08 bits per heavy atom. The quantitative estimate of drug-likeness (QED) is 0.293. The molecule has 2 aromatic carbocycles. The number of rotatable bonds is 4. The van der Waals surface area contributed by atoms with Crippen LogP contribution in [0.3, 0.4) is 0 Å². The summed E-state index contributed by atoms with van der Waals surface area (Å²) >= 11 is 5.90. The number of nitro benzene ring substituents is 2. The molecule has 0 N–H and O–H groups in total. The molecule has 0 aliphatic heterocycles. The van der Waals surface area contributed by atoms with Gasteiger partial charge in [-0.2, -0.15) is 0 Å². The molecule has 1 heterocycles. The van der Waals surface area contributed by atoms with Crippen molar-refractivity contribution < 1.29 is 19.4 Å². The molecule has 10 heteroatoms. The number of fused-ring (bicyclic) bond motifs is 1. The van der Waals surface area contributed by atoms with Crippen LogP contribution in [0.5, 0.6) is 5.75 Å². The highest BCUT2D eigenvalue weighted by atomic mass is 35.5. The Labute approximate surface area is 150 Å². The molecule has 0 fully saturated rings. The SMILES string of the molecule is O=C(Oc1c([N+](=O)[O-])ccc2cccnc12)c1ccc([N+](=O)[O-])cc1Cl. The van der Waals surface area contributed by atoms with E-state index in [0.29, 0.717) is 5.39 Å². The zero-order chi connectivity index (χ0) is 18.8. The lowest BCUT2D eigenvalue weighted by molar-refractivity contribution is -0.385. The molecule has 0 aliphatic carbocycles. The first-order chi connectivity index (χ1) is 12.4. The van der Waals surface area contributed by atoms with Crippen LogP contribution >= 0.6 is 11.6 Å². The van der Waals surface area contributed by atoms with E-state index < -0.39 is 21.5 Å². The van der Waals surface area contributed by atoms with Crippen molar-refractivity contribution in [2.24, 2.45) is 0 Å². The molecule has 9 nitrogen and oxygen atoms in total. The van der Waals surface area contributed by atoms with E-state index in [1.165, 1.54) is 18.3 Å². The van der Waals surface area contributed by atoms with Crippen molar-refractivity contribution in [3.05, 3.63) is 79.5 Å². The Kier molecular flexibility index (Phi) is 4.46. The Balaban J connectivity index is 2.06. The number of hydrogen-bond acceptors (Lipinski definition) is 7. The van der Waals surface area contributed by atoms with Gasteiger partial charge in [0.15, 0.2) is 0 Å². The number of hydrogen-bond donors (Lipinski definition) is 0. The summed E-state index contributed by atoms with van der Waals surface area (Å²) in [4.78, 5) is 37.1. The van der Waals surface area contributed by atoms with Crippen LogP contribution in [0.2, 0.25) is 5.02 Å². The summed E-state index contributed by atoms with van der Waals surface area (Å²) in [5.41, 5.74) is -0.778. The van der Waals surface area contributed by atoms with E-state index in [9.17, 15) is 25.0 Å². The van der Waals surface area contributed by atoms with Crippen LogP contribution in [0.1, 0.15) is 10.4 Å². The fourth-order valence-corrected chi connectivity index (χ4v) is 2.53. The van der Waals surface area contributed by atoms with Crippen molar-refractivity contribution in [2.75, 3.05) is 0 Å². The lowest BCUT2D eigenvalue weighted by Gasteiger charge is -2.08. The van der Waals surface area contributed by atoms with Gasteiger partial charge in [0.2, 0.25) is 5.75 Å². The number of nitrogens with zero attached hydrogens (tertiary/aromatic N) is 3. The monoisotopic (exact) mass is 373 g/mol. The van der Waals surface area contributed by atoms with Gasteiger partial charge in [0.1, 0.15) is 5.52 Å². The van der Waals surface area contributed by atoms with Gasteiger partial charge in [-0.15, -0.1) is 0 Å². The van der Waals surface area contributed by atoms with Gasteiger partial charge in [-0.05, 0) is 18.2 Å². The third kappa shape index (κ3) is 3.15. The summed E-state index contributed by atoms with van der Waals surface area (Å²) < 4.78 is 5.19. The molecule has 130 valence electrons. The number of benzene rings is 2. The largest absolute Gasteiger partial charge is 0.413 e.